The Balaban J connectivity index is 1.75. The topological polar surface area (TPSA) is 75.6 Å². The fraction of sp³-hybridized carbons (Fsp3) is 0.300. The van der Waals surface area contributed by atoms with Gasteiger partial charge >= 0.3 is 5.97 Å². The molecule has 1 unspecified atom stereocenters. The molecule has 0 radical (unpaired) electrons. The molecule has 2 aromatic rings. The van der Waals surface area contributed by atoms with Crippen LogP contribution in [0.2, 0.25) is 0 Å². The molecule has 1 aliphatic heterocycles. The summed E-state index contributed by atoms with van der Waals surface area (Å²) < 4.78 is 5.46. The summed E-state index contributed by atoms with van der Waals surface area (Å²) in [6.45, 7) is 4.46. The number of benzene rings is 2. The van der Waals surface area contributed by atoms with Gasteiger partial charge in [-0.2, -0.15) is 0 Å². The number of hydrogen-bond donors (Lipinski definition) is 2. The Morgan fingerprint density at radius 3 is 2.80 bits per heavy atom. The number of carbonyl (C=O) groups is 2. The average molecular weight is 339 g/mol. The highest BCUT2D eigenvalue weighted by molar-refractivity contribution is 5.86. The van der Waals surface area contributed by atoms with Crippen molar-refractivity contribution in [3.05, 3.63) is 64.2 Å². The molecule has 0 saturated carbocycles. The summed E-state index contributed by atoms with van der Waals surface area (Å²) in [4.78, 5) is 24.1. The lowest BCUT2D eigenvalue weighted by atomic mass is 9.97. The zero-order valence-corrected chi connectivity index (χ0v) is 14.3. The lowest BCUT2D eigenvalue weighted by Gasteiger charge is -2.18. The molecule has 0 saturated heterocycles. The molecule has 25 heavy (non-hydrogen) atoms. The van der Waals surface area contributed by atoms with Gasteiger partial charge in [0.05, 0.1) is 13.0 Å². The van der Waals surface area contributed by atoms with E-state index in [0.29, 0.717) is 12.2 Å². The van der Waals surface area contributed by atoms with E-state index in [9.17, 15) is 14.7 Å². The van der Waals surface area contributed by atoms with Gasteiger partial charge in [-0.05, 0) is 47.7 Å². The number of nitrogens with one attached hydrogen (secondary N) is 1. The lowest BCUT2D eigenvalue weighted by Crippen LogP contribution is -2.35. The van der Waals surface area contributed by atoms with E-state index in [1.165, 1.54) is 0 Å². The fourth-order valence-electron chi connectivity index (χ4n) is 3.11. The Bertz CT molecular complexity index is 828. The van der Waals surface area contributed by atoms with Crippen LogP contribution in [0.15, 0.2) is 36.4 Å². The first-order chi connectivity index (χ1) is 12.0. The van der Waals surface area contributed by atoms with Gasteiger partial charge in [0.25, 0.3) is 0 Å². The fourth-order valence-corrected chi connectivity index (χ4v) is 3.11. The Hall–Kier alpha value is -2.82. The minimum atomic E-state index is -1.07. The molecule has 5 nitrogen and oxygen atoms in total. The maximum absolute atomic E-state index is 12.4. The van der Waals surface area contributed by atoms with E-state index in [4.69, 9.17) is 4.74 Å². The largest absolute Gasteiger partial charge is 0.493 e. The highest BCUT2D eigenvalue weighted by Gasteiger charge is 2.24. The van der Waals surface area contributed by atoms with Crippen LogP contribution in [0, 0.1) is 13.8 Å². The molecule has 1 amide bonds. The smallest absolute Gasteiger partial charge is 0.330 e. The predicted molar refractivity (Wildman–Crippen MR) is 93.8 cm³/mol. The van der Waals surface area contributed by atoms with Crippen molar-refractivity contribution in [2.24, 2.45) is 0 Å². The number of fused-ring (bicyclic) bond motifs is 1. The van der Waals surface area contributed by atoms with Crippen molar-refractivity contribution >= 4 is 11.9 Å². The molecule has 2 aromatic carbocycles. The first-order valence-electron chi connectivity index (χ1n) is 8.28. The van der Waals surface area contributed by atoms with Crippen molar-refractivity contribution in [3.8, 4) is 5.75 Å². The summed E-state index contributed by atoms with van der Waals surface area (Å²) in [5, 5.41) is 12.2. The summed E-state index contributed by atoms with van der Waals surface area (Å²) in [6.07, 6.45) is 0.979. The van der Waals surface area contributed by atoms with E-state index in [-0.39, 0.29) is 12.3 Å². The highest BCUT2D eigenvalue weighted by Crippen LogP contribution is 2.26. The molecule has 0 fully saturated rings. The number of carboxylic acids is 1. The van der Waals surface area contributed by atoms with Crippen molar-refractivity contribution in [3.63, 3.8) is 0 Å². The summed E-state index contributed by atoms with van der Waals surface area (Å²) >= 11 is 0. The third-order valence-electron chi connectivity index (χ3n) is 4.63. The zero-order chi connectivity index (χ0) is 18.0. The van der Waals surface area contributed by atoms with Crippen molar-refractivity contribution in [2.75, 3.05) is 6.61 Å². The van der Waals surface area contributed by atoms with Gasteiger partial charge in [0, 0.05) is 6.42 Å². The SMILES string of the molecule is Cc1cccc(C(NC(=O)Cc2ccc3c(c2)CCO3)C(=O)O)c1C. The monoisotopic (exact) mass is 339 g/mol. The second-order valence-electron chi connectivity index (χ2n) is 6.35. The van der Waals surface area contributed by atoms with Crippen molar-refractivity contribution in [1.82, 2.24) is 5.32 Å². The maximum Gasteiger partial charge on any atom is 0.330 e. The van der Waals surface area contributed by atoms with Crippen LogP contribution in [0.25, 0.3) is 0 Å². The molecule has 5 heteroatoms. The van der Waals surface area contributed by atoms with Crippen LogP contribution in [0.3, 0.4) is 0 Å². The van der Waals surface area contributed by atoms with Crippen molar-refractivity contribution in [1.29, 1.82) is 0 Å². The van der Waals surface area contributed by atoms with E-state index in [1.54, 1.807) is 12.1 Å². The molecule has 2 N–H and O–H groups in total. The van der Waals surface area contributed by atoms with Gasteiger partial charge < -0.3 is 15.2 Å². The van der Waals surface area contributed by atoms with Crippen LogP contribution in [-0.2, 0) is 22.4 Å². The van der Waals surface area contributed by atoms with Gasteiger partial charge in [0.2, 0.25) is 5.91 Å². The zero-order valence-electron chi connectivity index (χ0n) is 14.3. The van der Waals surface area contributed by atoms with Crippen LogP contribution in [0.4, 0.5) is 0 Å². The van der Waals surface area contributed by atoms with Crippen LogP contribution in [0.1, 0.15) is 33.9 Å². The molecular weight excluding hydrogens is 318 g/mol. The van der Waals surface area contributed by atoms with Gasteiger partial charge in [0.15, 0.2) is 6.04 Å². The summed E-state index contributed by atoms with van der Waals surface area (Å²) in [6, 6.07) is 10.1. The summed E-state index contributed by atoms with van der Waals surface area (Å²) in [5.41, 5.74) is 4.44. The molecule has 0 aromatic heterocycles. The van der Waals surface area contributed by atoms with Crippen molar-refractivity contribution in [2.45, 2.75) is 32.7 Å². The molecule has 1 atom stereocenters. The number of aryl methyl sites for hydroxylation is 1. The number of hydrogen-bond acceptors (Lipinski definition) is 3. The van der Waals surface area contributed by atoms with E-state index in [0.717, 1.165) is 34.4 Å². The highest BCUT2D eigenvalue weighted by atomic mass is 16.5. The number of carboxylic acid groups (broad SMARTS) is 1. The number of carbonyl (C=O) groups excluding carboxylic acids is 1. The molecule has 1 heterocycles. The number of ether oxygens (including phenoxy) is 1. The minimum Gasteiger partial charge on any atom is -0.493 e. The average Bonchev–Trinajstić information content (AvgIpc) is 3.03. The lowest BCUT2D eigenvalue weighted by molar-refractivity contribution is -0.142. The van der Waals surface area contributed by atoms with Gasteiger partial charge in [-0.3, -0.25) is 4.79 Å². The molecule has 130 valence electrons. The first kappa shape index (κ1) is 17.0. The Morgan fingerprint density at radius 2 is 2.04 bits per heavy atom. The van der Waals surface area contributed by atoms with Crippen LogP contribution >= 0.6 is 0 Å². The second kappa shape index (κ2) is 6.97. The van der Waals surface area contributed by atoms with E-state index < -0.39 is 12.0 Å². The first-order valence-corrected chi connectivity index (χ1v) is 8.28. The third kappa shape index (κ3) is 3.65. The predicted octanol–water partition coefficient (Wildman–Crippen LogP) is 2.72. The quantitative estimate of drug-likeness (QED) is 0.878. The number of aliphatic carboxylic acids is 1. The van der Waals surface area contributed by atoms with Crippen molar-refractivity contribution < 1.29 is 19.4 Å². The van der Waals surface area contributed by atoms with E-state index in [1.807, 2.05) is 38.1 Å². The van der Waals surface area contributed by atoms with Gasteiger partial charge in [-0.25, -0.2) is 4.79 Å². The maximum atomic E-state index is 12.4. The van der Waals surface area contributed by atoms with E-state index >= 15 is 0 Å². The van der Waals surface area contributed by atoms with Crippen LogP contribution in [0.5, 0.6) is 5.75 Å². The van der Waals surface area contributed by atoms with Crippen LogP contribution in [-0.4, -0.2) is 23.6 Å². The number of amides is 1. The summed E-state index contributed by atoms with van der Waals surface area (Å²) in [5.74, 6) is -0.514. The number of rotatable bonds is 5. The van der Waals surface area contributed by atoms with E-state index in [2.05, 4.69) is 5.32 Å². The normalized spacial score (nSPS) is 13.7. The summed E-state index contributed by atoms with van der Waals surface area (Å²) in [7, 11) is 0. The van der Waals surface area contributed by atoms with Crippen LogP contribution < -0.4 is 10.1 Å². The molecular formula is C20H21NO4. The second-order valence-corrected chi connectivity index (χ2v) is 6.35. The third-order valence-corrected chi connectivity index (χ3v) is 4.63. The molecule has 0 spiro atoms. The van der Waals surface area contributed by atoms with Gasteiger partial charge in [-0.15, -0.1) is 0 Å². The Morgan fingerprint density at radius 1 is 1.24 bits per heavy atom. The molecule has 0 bridgehead atoms. The van der Waals surface area contributed by atoms with Gasteiger partial charge in [-0.1, -0.05) is 30.3 Å². The standard InChI is InChI=1S/C20H21NO4/c1-12-4-3-5-16(13(12)2)19(20(23)24)21-18(22)11-14-6-7-17-15(10-14)8-9-25-17/h3-7,10,19H,8-9,11H2,1-2H3,(H,21,22)(H,23,24). The molecule has 0 aliphatic carbocycles. The minimum absolute atomic E-state index is 0.141. The Kier molecular flexibility index (Phi) is 4.74. The Labute approximate surface area is 146 Å². The molecule has 3 rings (SSSR count). The van der Waals surface area contributed by atoms with Gasteiger partial charge in [0.1, 0.15) is 5.75 Å². The molecule has 1 aliphatic rings.